The van der Waals surface area contributed by atoms with Gasteiger partial charge >= 0.3 is 5.69 Å². The number of carbonyl (C=O) groups excluding carboxylic acids is 2. The van der Waals surface area contributed by atoms with Crippen LogP contribution in [0.1, 0.15) is 55.8 Å². The Morgan fingerprint density at radius 2 is 2.00 bits per heavy atom. The smallest absolute Gasteiger partial charge is 0.307 e. The predicted molar refractivity (Wildman–Crippen MR) is 82.8 cm³/mol. The van der Waals surface area contributed by atoms with E-state index in [4.69, 9.17) is 4.74 Å². The minimum absolute atomic E-state index is 0.0257. The molecule has 1 saturated carbocycles. The Labute approximate surface area is 133 Å². The normalized spacial score (nSPS) is 18.9. The van der Waals surface area contributed by atoms with Crippen molar-refractivity contribution >= 4 is 23.1 Å². The highest BCUT2D eigenvalue weighted by Crippen LogP contribution is 2.46. The Kier molecular flexibility index (Phi) is 3.79. The number of nitro benzene ring substituents is 1. The summed E-state index contributed by atoms with van der Waals surface area (Å²) in [4.78, 5) is 34.7. The van der Waals surface area contributed by atoms with Crippen LogP contribution >= 0.6 is 0 Å². The molecular formula is C16H18N2O5. The van der Waals surface area contributed by atoms with E-state index in [9.17, 15) is 19.7 Å². The number of rotatable bonds is 2. The van der Waals surface area contributed by atoms with Gasteiger partial charge in [-0.15, -0.1) is 0 Å². The number of nitrogens with zero attached hydrogens (tertiary/aromatic N) is 1. The van der Waals surface area contributed by atoms with E-state index < -0.39 is 16.4 Å². The van der Waals surface area contributed by atoms with Crippen LogP contribution in [-0.2, 0) is 4.79 Å². The van der Waals surface area contributed by atoms with Crippen LogP contribution in [0.5, 0.6) is 5.75 Å². The van der Waals surface area contributed by atoms with Gasteiger partial charge in [0.1, 0.15) is 22.6 Å². The van der Waals surface area contributed by atoms with Crippen LogP contribution in [0.2, 0.25) is 0 Å². The molecule has 1 aliphatic heterocycles. The van der Waals surface area contributed by atoms with Crippen molar-refractivity contribution in [3.05, 3.63) is 27.8 Å². The Morgan fingerprint density at radius 3 is 2.61 bits per heavy atom. The third-order valence-electron chi connectivity index (χ3n) is 4.49. The number of carbonyl (C=O) groups is 2. The molecule has 1 heterocycles. The molecular weight excluding hydrogens is 300 g/mol. The minimum atomic E-state index is -0.635. The highest BCUT2D eigenvalue weighted by molar-refractivity contribution is 6.07. The van der Waals surface area contributed by atoms with Gasteiger partial charge in [0.15, 0.2) is 5.78 Å². The first-order valence-corrected chi connectivity index (χ1v) is 7.73. The third-order valence-corrected chi connectivity index (χ3v) is 4.49. The molecule has 0 unspecified atom stereocenters. The lowest BCUT2D eigenvalue weighted by Crippen LogP contribution is -2.43. The molecule has 0 radical (unpaired) electrons. The summed E-state index contributed by atoms with van der Waals surface area (Å²) in [5.41, 5.74) is -0.908. The quantitative estimate of drug-likeness (QED) is 0.666. The van der Waals surface area contributed by atoms with Crippen LogP contribution < -0.4 is 10.1 Å². The molecule has 1 aromatic rings. The number of hydrogen-bond donors (Lipinski definition) is 1. The number of amides is 1. The number of Topliss-reactive ketones (excluding diaryl/α,β-unsaturated/α-hetero) is 1. The summed E-state index contributed by atoms with van der Waals surface area (Å²) in [6, 6.07) is 2.97. The molecule has 0 atom stereocenters. The van der Waals surface area contributed by atoms with Gasteiger partial charge < -0.3 is 10.1 Å². The van der Waals surface area contributed by atoms with Crippen LogP contribution in [0.15, 0.2) is 12.1 Å². The van der Waals surface area contributed by atoms with Crippen LogP contribution in [0.3, 0.4) is 0 Å². The maximum Gasteiger partial charge on any atom is 0.307 e. The number of fused-ring (bicyclic) bond motifs is 1. The second-order valence-electron chi connectivity index (χ2n) is 6.22. The Bertz CT molecular complexity index is 692. The first-order chi connectivity index (χ1) is 10.9. The van der Waals surface area contributed by atoms with E-state index in [2.05, 4.69) is 5.32 Å². The molecule has 3 rings (SSSR count). The molecule has 1 aromatic carbocycles. The molecule has 1 N–H and O–H groups in total. The first kappa shape index (κ1) is 15.5. The zero-order valence-electron chi connectivity index (χ0n) is 12.9. The summed E-state index contributed by atoms with van der Waals surface area (Å²) in [6.07, 6.45) is 4.85. The van der Waals surface area contributed by atoms with Gasteiger partial charge in [-0.05, 0) is 37.8 Å². The number of ketones is 1. The van der Waals surface area contributed by atoms with Gasteiger partial charge in [0.25, 0.3) is 0 Å². The fourth-order valence-electron chi connectivity index (χ4n) is 3.53. The summed E-state index contributed by atoms with van der Waals surface area (Å²) in [7, 11) is 0. The maximum atomic E-state index is 12.6. The SMILES string of the molecule is CC(=O)Nc1ccc2c(c1[N+](=O)[O-])C(=O)CC1(CCCCC1)O2. The Balaban J connectivity index is 2.07. The molecule has 122 valence electrons. The number of benzene rings is 1. The van der Waals surface area contributed by atoms with Crippen molar-refractivity contribution in [2.75, 3.05) is 5.32 Å². The van der Waals surface area contributed by atoms with Gasteiger partial charge in [-0.25, -0.2) is 0 Å². The predicted octanol–water partition coefficient (Wildman–Crippen LogP) is 3.22. The van der Waals surface area contributed by atoms with E-state index >= 15 is 0 Å². The van der Waals surface area contributed by atoms with Crippen molar-refractivity contribution in [1.29, 1.82) is 0 Å². The molecule has 1 fully saturated rings. The van der Waals surface area contributed by atoms with Gasteiger partial charge in [0.05, 0.1) is 11.3 Å². The van der Waals surface area contributed by atoms with Crippen molar-refractivity contribution < 1.29 is 19.2 Å². The molecule has 0 saturated heterocycles. The van der Waals surface area contributed by atoms with Gasteiger partial charge in [0, 0.05) is 6.92 Å². The fraction of sp³-hybridized carbons (Fsp3) is 0.500. The highest BCUT2D eigenvalue weighted by atomic mass is 16.6. The van der Waals surface area contributed by atoms with Gasteiger partial charge in [-0.3, -0.25) is 19.7 Å². The van der Waals surface area contributed by atoms with E-state index in [1.165, 1.54) is 13.0 Å². The average molecular weight is 318 g/mol. The number of anilines is 1. The lowest BCUT2D eigenvalue weighted by Gasteiger charge is -2.40. The van der Waals surface area contributed by atoms with E-state index in [1.807, 2.05) is 0 Å². The molecule has 1 spiro atoms. The van der Waals surface area contributed by atoms with Crippen LogP contribution in [0, 0.1) is 10.1 Å². The zero-order valence-corrected chi connectivity index (χ0v) is 12.9. The number of nitro groups is 1. The molecule has 7 heteroatoms. The first-order valence-electron chi connectivity index (χ1n) is 7.73. The largest absolute Gasteiger partial charge is 0.486 e. The van der Waals surface area contributed by atoms with Crippen LogP contribution in [-0.4, -0.2) is 22.2 Å². The summed E-state index contributed by atoms with van der Waals surface area (Å²) >= 11 is 0. The van der Waals surface area contributed by atoms with Gasteiger partial charge in [-0.2, -0.15) is 0 Å². The van der Waals surface area contributed by atoms with Crippen molar-refractivity contribution in [1.82, 2.24) is 0 Å². The molecule has 0 aromatic heterocycles. The number of nitrogens with one attached hydrogen (secondary N) is 1. The summed E-state index contributed by atoms with van der Waals surface area (Å²) in [5.74, 6) is -0.461. The Hall–Kier alpha value is -2.44. The van der Waals surface area contributed by atoms with Gasteiger partial charge in [0.2, 0.25) is 5.91 Å². The zero-order chi connectivity index (χ0) is 16.6. The molecule has 23 heavy (non-hydrogen) atoms. The summed E-state index contributed by atoms with van der Waals surface area (Å²) < 4.78 is 6.04. The van der Waals surface area contributed by atoms with E-state index in [-0.39, 0.29) is 34.9 Å². The Morgan fingerprint density at radius 1 is 1.30 bits per heavy atom. The summed E-state index contributed by atoms with van der Waals surface area (Å²) in [5, 5.41) is 13.8. The molecule has 2 aliphatic rings. The summed E-state index contributed by atoms with van der Waals surface area (Å²) in [6.45, 7) is 1.26. The van der Waals surface area contributed by atoms with E-state index in [1.54, 1.807) is 6.07 Å². The lowest BCUT2D eigenvalue weighted by atomic mass is 9.78. The second-order valence-corrected chi connectivity index (χ2v) is 6.22. The lowest BCUT2D eigenvalue weighted by molar-refractivity contribution is -0.384. The monoisotopic (exact) mass is 318 g/mol. The van der Waals surface area contributed by atoms with Crippen molar-refractivity contribution in [3.8, 4) is 5.75 Å². The fourth-order valence-corrected chi connectivity index (χ4v) is 3.53. The van der Waals surface area contributed by atoms with Crippen LogP contribution in [0.4, 0.5) is 11.4 Å². The molecule has 1 aliphatic carbocycles. The second kappa shape index (κ2) is 5.64. The standard InChI is InChI=1S/C16H18N2O5/c1-10(19)17-11-5-6-13-14(15(11)18(21)22)12(20)9-16(23-13)7-3-2-4-8-16/h5-6H,2-4,7-9H2,1H3,(H,17,19). The van der Waals surface area contributed by atoms with Gasteiger partial charge in [-0.1, -0.05) is 6.42 Å². The minimum Gasteiger partial charge on any atom is -0.486 e. The van der Waals surface area contributed by atoms with Crippen molar-refractivity contribution in [3.63, 3.8) is 0 Å². The van der Waals surface area contributed by atoms with Crippen molar-refractivity contribution in [2.24, 2.45) is 0 Å². The molecule has 0 bridgehead atoms. The molecule has 1 amide bonds. The van der Waals surface area contributed by atoms with E-state index in [0.29, 0.717) is 0 Å². The topological polar surface area (TPSA) is 98.5 Å². The van der Waals surface area contributed by atoms with E-state index in [0.717, 1.165) is 32.1 Å². The molecule has 7 nitrogen and oxygen atoms in total. The van der Waals surface area contributed by atoms with Crippen molar-refractivity contribution in [2.45, 2.75) is 51.0 Å². The maximum absolute atomic E-state index is 12.6. The van der Waals surface area contributed by atoms with Crippen LogP contribution in [0.25, 0.3) is 0 Å². The highest BCUT2D eigenvalue weighted by Gasteiger charge is 2.44. The average Bonchev–Trinajstić information content (AvgIpc) is 2.47. The number of ether oxygens (including phenoxy) is 1. The number of hydrogen-bond acceptors (Lipinski definition) is 5. The third kappa shape index (κ3) is 2.78.